The van der Waals surface area contributed by atoms with Crippen LogP contribution < -0.4 is 5.32 Å². The Morgan fingerprint density at radius 1 is 1.19 bits per heavy atom. The number of rotatable bonds is 5. The van der Waals surface area contributed by atoms with E-state index in [1.165, 1.54) is 31.2 Å². The van der Waals surface area contributed by atoms with Crippen LogP contribution in [-0.4, -0.2) is 91.6 Å². The van der Waals surface area contributed by atoms with Crippen molar-refractivity contribution in [2.75, 3.05) is 46.9 Å². The van der Waals surface area contributed by atoms with Crippen molar-refractivity contribution < 1.29 is 9.53 Å². The Balaban J connectivity index is 0.00000272. The molecule has 0 aromatic heterocycles. The van der Waals surface area contributed by atoms with Gasteiger partial charge in [-0.3, -0.25) is 9.69 Å². The van der Waals surface area contributed by atoms with E-state index in [1.807, 2.05) is 0 Å². The normalized spacial score (nSPS) is 24.6. The number of aliphatic imine (C=N–C) groups is 1. The molecule has 1 saturated carbocycles. The first-order valence-corrected chi connectivity index (χ1v) is 11.3. The quantitative estimate of drug-likeness (QED) is 0.352. The summed E-state index contributed by atoms with van der Waals surface area (Å²) in [6, 6.07) is 11.5. The highest BCUT2D eigenvalue weighted by atomic mass is 127. The topological polar surface area (TPSA) is 60.4 Å². The minimum atomic E-state index is 0. The van der Waals surface area contributed by atoms with Gasteiger partial charge in [0.05, 0.1) is 18.8 Å². The van der Waals surface area contributed by atoms with Crippen LogP contribution in [0.2, 0.25) is 0 Å². The predicted molar refractivity (Wildman–Crippen MR) is 134 cm³/mol. The van der Waals surface area contributed by atoms with Crippen molar-refractivity contribution in [1.29, 1.82) is 0 Å². The van der Waals surface area contributed by atoms with Gasteiger partial charge in [-0.15, -0.1) is 24.0 Å². The van der Waals surface area contributed by atoms with Gasteiger partial charge in [0.25, 0.3) is 0 Å². The molecule has 2 saturated heterocycles. The fraction of sp³-hybridized carbons (Fsp3) is 0.652. The molecule has 1 amide bonds. The Bertz CT molecular complexity index is 739. The smallest absolute Gasteiger partial charge is 0.243 e. The predicted octanol–water partition coefficient (Wildman–Crippen LogP) is 2.17. The Kier molecular flexibility index (Phi) is 8.97. The molecule has 4 rings (SSSR count). The first kappa shape index (κ1) is 24.3. The molecule has 0 spiro atoms. The molecule has 1 aromatic rings. The van der Waals surface area contributed by atoms with Crippen LogP contribution in [-0.2, 0) is 16.1 Å². The average Bonchev–Trinajstić information content (AvgIpc) is 3.41. The summed E-state index contributed by atoms with van der Waals surface area (Å²) in [5.74, 6) is 0.897. The maximum absolute atomic E-state index is 12.1. The minimum absolute atomic E-state index is 0. The van der Waals surface area contributed by atoms with Crippen LogP contribution in [0.15, 0.2) is 35.3 Å². The van der Waals surface area contributed by atoms with Gasteiger partial charge in [0.2, 0.25) is 5.91 Å². The molecular formula is C23H36IN5O2. The number of morpholine rings is 1. The second-order valence-electron chi connectivity index (χ2n) is 8.89. The fourth-order valence-corrected chi connectivity index (χ4v) is 4.72. The molecule has 2 heterocycles. The van der Waals surface area contributed by atoms with E-state index in [0.717, 1.165) is 38.7 Å². The average molecular weight is 541 g/mol. The number of halogens is 1. The van der Waals surface area contributed by atoms with Crippen LogP contribution in [0.4, 0.5) is 0 Å². The molecule has 2 unspecified atom stereocenters. The fourth-order valence-electron chi connectivity index (χ4n) is 4.72. The van der Waals surface area contributed by atoms with Crippen molar-refractivity contribution in [2.45, 2.75) is 50.4 Å². The summed E-state index contributed by atoms with van der Waals surface area (Å²) in [5, 5.41) is 3.66. The van der Waals surface area contributed by atoms with Crippen molar-refractivity contribution in [1.82, 2.24) is 20.0 Å². The zero-order valence-electron chi connectivity index (χ0n) is 18.7. The number of amides is 1. The molecule has 3 aliphatic rings. The number of likely N-dealkylation sites (tertiary alicyclic amines) is 1. The van der Waals surface area contributed by atoms with Crippen molar-refractivity contribution in [2.24, 2.45) is 4.99 Å². The van der Waals surface area contributed by atoms with Gasteiger partial charge >= 0.3 is 0 Å². The Morgan fingerprint density at radius 3 is 2.65 bits per heavy atom. The maximum Gasteiger partial charge on any atom is 0.243 e. The molecule has 0 bridgehead atoms. The first-order valence-electron chi connectivity index (χ1n) is 11.3. The number of hydrogen-bond donors (Lipinski definition) is 1. The number of likely N-dealkylation sites (N-methyl/N-ethyl adjacent to an activating group) is 1. The number of benzene rings is 1. The van der Waals surface area contributed by atoms with Crippen LogP contribution in [0.1, 0.15) is 31.2 Å². The molecule has 3 fully saturated rings. The molecular weight excluding hydrogens is 505 g/mol. The summed E-state index contributed by atoms with van der Waals surface area (Å²) in [6.07, 6.45) is 5.07. The molecule has 1 aromatic carbocycles. The Morgan fingerprint density at radius 2 is 1.94 bits per heavy atom. The van der Waals surface area contributed by atoms with Crippen LogP contribution in [0.25, 0.3) is 0 Å². The molecule has 172 valence electrons. The van der Waals surface area contributed by atoms with Crippen molar-refractivity contribution in [3.05, 3.63) is 35.9 Å². The lowest BCUT2D eigenvalue weighted by Gasteiger charge is -2.36. The van der Waals surface area contributed by atoms with Gasteiger partial charge in [0.15, 0.2) is 5.96 Å². The zero-order chi connectivity index (χ0) is 20.9. The highest BCUT2D eigenvalue weighted by Crippen LogP contribution is 2.25. The number of nitrogens with zero attached hydrogens (tertiary/aromatic N) is 4. The zero-order valence-corrected chi connectivity index (χ0v) is 21.0. The van der Waals surface area contributed by atoms with Gasteiger partial charge in [-0.05, 0) is 18.4 Å². The molecule has 7 nitrogen and oxygen atoms in total. The van der Waals surface area contributed by atoms with Crippen molar-refractivity contribution in [3.63, 3.8) is 0 Å². The largest absolute Gasteiger partial charge is 0.373 e. The van der Waals surface area contributed by atoms with Gasteiger partial charge in [0.1, 0.15) is 6.54 Å². The standard InChI is InChI=1S/C23H35N5O2.HI/c1-26(2)22(29)14-24-23(25-19-10-6-7-11-19)28-16-20-21(17-28)30-13-12-27(20)15-18-8-4-3-5-9-18;/h3-5,8-9,19-21H,6-7,10-17H2,1-2H3,(H,24,25);1H. The van der Waals surface area contributed by atoms with Crippen LogP contribution in [0, 0.1) is 0 Å². The number of ether oxygens (including phenoxy) is 1. The molecule has 8 heteroatoms. The van der Waals surface area contributed by atoms with Gasteiger partial charge < -0.3 is 19.9 Å². The van der Waals surface area contributed by atoms with E-state index >= 15 is 0 Å². The highest BCUT2D eigenvalue weighted by molar-refractivity contribution is 14.0. The number of guanidine groups is 1. The van der Waals surface area contributed by atoms with Crippen molar-refractivity contribution in [3.8, 4) is 0 Å². The lowest BCUT2D eigenvalue weighted by molar-refractivity contribution is -0.127. The second kappa shape index (κ2) is 11.5. The monoisotopic (exact) mass is 541 g/mol. The molecule has 2 atom stereocenters. The second-order valence-corrected chi connectivity index (χ2v) is 8.89. The Labute approximate surface area is 203 Å². The number of hydrogen-bond acceptors (Lipinski definition) is 4. The highest BCUT2D eigenvalue weighted by Gasteiger charge is 2.41. The lowest BCUT2D eigenvalue weighted by atomic mass is 10.1. The number of carbonyl (C=O) groups excluding carboxylic acids is 1. The van der Waals surface area contributed by atoms with E-state index in [0.29, 0.717) is 12.1 Å². The van der Waals surface area contributed by atoms with Crippen LogP contribution in [0.5, 0.6) is 0 Å². The summed E-state index contributed by atoms with van der Waals surface area (Å²) in [4.78, 5) is 23.3. The van der Waals surface area contributed by atoms with E-state index < -0.39 is 0 Å². The van der Waals surface area contributed by atoms with Gasteiger partial charge in [0, 0.05) is 46.3 Å². The molecule has 31 heavy (non-hydrogen) atoms. The maximum atomic E-state index is 12.1. The third-order valence-corrected chi connectivity index (χ3v) is 6.50. The third kappa shape index (κ3) is 6.32. The molecule has 1 aliphatic carbocycles. The summed E-state index contributed by atoms with van der Waals surface area (Å²) in [7, 11) is 3.56. The lowest BCUT2D eigenvalue weighted by Crippen LogP contribution is -2.50. The molecule has 2 aliphatic heterocycles. The molecule has 1 N–H and O–H groups in total. The number of nitrogens with one attached hydrogen (secondary N) is 1. The van der Waals surface area contributed by atoms with Gasteiger partial charge in [-0.2, -0.15) is 0 Å². The number of carbonyl (C=O) groups is 1. The van der Waals surface area contributed by atoms with Crippen LogP contribution >= 0.6 is 24.0 Å². The Hall–Kier alpha value is -1.39. The van der Waals surface area contributed by atoms with E-state index in [-0.39, 0.29) is 42.5 Å². The SMILES string of the molecule is CN(C)C(=O)CN=C(NC1CCCC1)N1CC2OCCN(Cc3ccccc3)C2C1.I. The summed E-state index contributed by atoms with van der Waals surface area (Å²) < 4.78 is 6.14. The van der Waals surface area contributed by atoms with Crippen molar-refractivity contribution >= 4 is 35.8 Å². The number of fused-ring (bicyclic) bond motifs is 1. The summed E-state index contributed by atoms with van der Waals surface area (Å²) >= 11 is 0. The van der Waals surface area contributed by atoms with Gasteiger partial charge in [-0.1, -0.05) is 43.2 Å². The van der Waals surface area contributed by atoms with Crippen LogP contribution in [0.3, 0.4) is 0 Å². The van der Waals surface area contributed by atoms with E-state index in [9.17, 15) is 4.79 Å². The minimum Gasteiger partial charge on any atom is -0.373 e. The first-order chi connectivity index (χ1) is 14.6. The third-order valence-electron chi connectivity index (χ3n) is 6.50. The summed E-state index contributed by atoms with van der Waals surface area (Å²) in [5.41, 5.74) is 1.34. The van der Waals surface area contributed by atoms with E-state index in [2.05, 4.69) is 45.4 Å². The summed E-state index contributed by atoms with van der Waals surface area (Å²) in [6.45, 7) is 4.55. The molecule has 0 radical (unpaired) electrons. The van der Waals surface area contributed by atoms with Gasteiger partial charge in [-0.25, -0.2) is 4.99 Å². The van der Waals surface area contributed by atoms with E-state index in [4.69, 9.17) is 9.73 Å². The van der Waals surface area contributed by atoms with E-state index in [1.54, 1.807) is 19.0 Å².